The number of alkyl halides is 6. The van der Waals surface area contributed by atoms with Gasteiger partial charge in [-0.2, -0.15) is 26.3 Å². The standard InChI is InChI=1S/C7H2F5I.C7H3F5/c8-5-3(7(10,11)12)1-2-4(13)6(5)9;8-5-3-1-2-4(6(5)9)7(10,11)12/h1-2H;1-3H. The van der Waals surface area contributed by atoms with Gasteiger partial charge in [0.05, 0.1) is 14.7 Å². The zero-order valence-electron chi connectivity index (χ0n) is 11.5. The fourth-order valence-electron chi connectivity index (χ4n) is 1.47. The van der Waals surface area contributed by atoms with Crippen LogP contribution in [0.1, 0.15) is 11.1 Å². The van der Waals surface area contributed by atoms with Gasteiger partial charge in [0.15, 0.2) is 23.3 Å². The molecule has 0 radical (unpaired) electrons. The molecule has 2 aromatic carbocycles. The Kier molecular flexibility index (Phi) is 6.70. The van der Waals surface area contributed by atoms with Crippen LogP contribution in [0.15, 0.2) is 30.3 Å². The summed E-state index contributed by atoms with van der Waals surface area (Å²) in [5.74, 6) is -6.66. The van der Waals surface area contributed by atoms with Gasteiger partial charge in [-0.25, -0.2) is 17.6 Å². The highest BCUT2D eigenvalue weighted by molar-refractivity contribution is 14.1. The van der Waals surface area contributed by atoms with Crippen LogP contribution in [-0.2, 0) is 12.4 Å². The van der Waals surface area contributed by atoms with E-state index in [1.165, 1.54) is 22.6 Å². The molecule has 0 bridgehead atoms. The van der Waals surface area contributed by atoms with Crippen LogP contribution in [0, 0.1) is 26.8 Å². The Morgan fingerprint density at radius 3 is 1.52 bits per heavy atom. The maximum absolute atomic E-state index is 12.7. The van der Waals surface area contributed by atoms with Crippen molar-refractivity contribution in [2.24, 2.45) is 0 Å². The molecule has 138 valence electrons. The van der Waals surface area contributed by atoms with Gasteiger partial charge in [-0.05, 0) is 46.9 Å². The van der Waals surface area contributed by atoms with Crippen molar-refractivity contribution in [3.63, 3.8) is 0 Å². The van der Waals surface area contributed by atoms with E-state index in [9.17, 15) is 43.9 Å². The topological polar surface area (TPSA) is 0 Å². The summed E-state index contributed by atoms with van der Waals surface area (Å²) >= 11 is 1.41. The molecule has 0 heterocycles. The smallest absolute Gasteiger partial charge is 0.204 e. The van der Waals surface area contributed by atoms with E-state index in [4.69, 9.17) is 0 Å². The van der Waals surface area contributed by atoms with Crippen molar-refractivity contribution in [1.29, 1.82) is 0 Å². The van der Waals surface area contributed by atoms with E-state index in [0.29, 0.717) is 18.2 Å². The van der Waals surface area contributed by atoms with Crippen LogP contribution in [0.5, 0.6) is 0 Å². The van der Waals surface area contributed by atoms with E-state index in [0.717, 1.165) is 12.1 Å². The highest BCUT2D eigenvalue weighted by atomic mass is 127. The second-order valence-corrected chi connectivity index (χ2v) is 5.48. The van der Waals surface area contributed by atoms with Crippen molar-refractivity contribution in [2.75, 3.05) is 0 Å². The van der Waals surface area contributed by atoms with Crippen LogP contribution < -0.4 is 0 Å². The predicted octanol–water partition coefficient (Wildman–Crippen LogP) is 6.57. The van der Waals surface area contributed by atoms with E-state index in [1.807, 2.05) is 0 Å². The zero-order valence-corrected chi connectivity index (χ0v) is 13.7. The summed E-state index contributed by atoms with van der Waals surface area (Å²) in [5.41, 5.74) is -3.16. The lowest BCUT2D eigenvalue weighted by atomic mass is 10.2. The summed E-state index contributed by atoms with van der Waals surface area (Å²) in [6.45, 7) is 0. The Morgan fingerprint density at radius 2 is 1.08 bits per heavy atom. The van der Waals surface area contributed by atoms with Gasteiger partial charge in [0.1, 0.15) is 0 Å². The van der Waals surface area contributed by atoms with Crippen LogP contribution in [0.4, 0.5) is 43.9 Å². The first-order valence-electron chi connectivity index (χ1n) is 5.98. The van der Waals surface area contributed by atoms with E-state index in [1.54, 1.807) is 0 Å². The summed E-state index contributed by atoms with van der Waals surface area (Å²) in [6.07, 6.45) is -9.69. The monoisotopic (exact) mass is 490 g/mol. The van der Waals surface area contributed by atoms with E-state index >= 15 is 0 Å². The van der Waals surface area contributed by atoms with Crippen LogP contribution in [0.3, 0.4) is 0 Å². The van der Waals surface area contributed by atoms with Crippen molar-refractivity contribution in [1.82, 2.24) is 0 Å². The van der Waals surface area contributed by atoms with Gasteiger partial charge in [0.25, 0.3) is 0 Å². The molecule has 0 unspecified atom stereocenters. The molecule has 0 fully saturated rings. The molecule has 0 aliphatic heterocycles. The number of hydrogen-bond donors (Lipinski definition) is 0. The second kappa shape index (κ2) is 7.79. The molecular formula is C14H5F10I. The Morgan fingerprint density at radius 1 is 0.600 bits per heavy atom. The first kappa shape index (κ1) is 21.5. The summed E-state index contributed by atoms with van der Waals surface area (Å²) in [7, 11) is 0. The highest BCUT2D eigenvalue weighted by Crippen LogP contribution is 2.33. The minimum absolute atomic E-state index is 0.178. The van der Waals surface area contributed by atoms with Gasteiger partial charge >= 0.3 is 12.4 Å². The maximum atomic E-state index is 12.7. The van der Waals surface area contributed by atoms with Crippen LogP contribution in [0.2, 0.25) is 0 Å². The molecule has 0 amide bonds. The highest BCUT2D eigenvalue weighted by Gasteiger charge is 2.36. The summed E-state index contributed by atoms with van der Waals surface area (Å²) in [5, 5.41) is 0. The quantitative estimate of drug-likeness (QED) is 0.223. The zero-order chi connectivity index (χ0) is 19.6. The molecule has 25 heavy (non-hydrogen) atoms. The Labute approximate surface area is 147 Å². The normalized spacial score (nSPS) is 11.8. The van der Waals surface area contributed by atoms with Crippen molar-refractivity contribution in [3.8, 4) is 0 Å². The maximum Gasteiger partial charge on any atom is 0.419 e. The number of benzene rings is 2. The average Bonchev–Trinajstić information content (AvgIpc) is 2.46. The largest absolute Gasteiger partial charge is 0.419 e. The Balaban J connectivity index is 0.000000251. The molecule has 0 saturated carbocycles. The van der Waals surface area contributed by atoms with Crippen molar-refractivity contribution in [2.45, 2.75) is 12.4 Å². The van der Waals surface area contributed by atoms with E-state index in [2.05, 4.69) is 0 Å². The van der Waals surface area contributed by atoms with Crippen molar-refractivity contribution >= 4 is 22.6 Å². The minimum Gasteiger partial charge on any atom is -0.204 e. The fraction of sp³-hybridized carbons (Fsp3) is 0.143. The predicted molar refractivity (Wildman–Crippen MR) is 75.4 cm³/mol. The number of hydrogen-bond acceptors (Lipinski definition) is 0. The third-order valence-electron chi connectivity index (χ3n) is 2.60. The van der Waals surface area contributed by atoms with Crippen LogP contribution in [0.25, 0.3) is 0 Å². The molecule has 2 aromatic rings. The molecule has 0 N–H and O–H groups in total. The summed E-state index contributed by atoms with van der Waals surface area (Å²) in [6, 6.07) is 3.31. The molecule has 2 rings (SSSR count). The van der Waals surface area contributed by atoms with Gasteiger partial charge < -0.3 is 0 Å². The molecular weight excluding hydrogens is 485 g/mol. The Bertz CT molecular complexity index is 748. The fourth-order valence-corrected chi connectivity index (χ4v) is 1.88. The minimum atomic E-state index is -4.85. The lowest BCUT2D eigenvalue weighted by Gasteiger charge is -2.08. The molecule has 11 heteroatoms. The lowest BCUT2D eigenvalue weighted by Crippen LogP contribution is -2.10. The van der Waals surface area contributed by atoms with Crippen LogP contribution >= 0.6 is 22.6 Å². The molecule has 0 saturated heterocycles. The van der Waals surface area contributed by atoms with Crippen LogP contribution in [-0.4, -0.2) is 0 Å². The second-order valence-electron chi connectivity index (χ2n) is 4.32. The van der Waals surface area contributed by atoms with Gasteiger partial charge in [0.2, 0.25) is 0 Å². The summed E-state index contributed by atoms with van der Waals surface area (Å²) in [4.78, 5) is 0. The third kappa shape index (κ3) is 5.47. The average molecular weight is 490 g/mol. The first-order valence-corrected chi connectivity index (χ1v) is 7.06. The van der Waals surface area contributed by atoms with Gasteiger partial charge in [-0.1, -0.05) is 6.07 Å². The number of halogens is 11. The first-order chi connectivity index (χ1) is 11.3. The molecule has 0 nitrogen and oxygen atoms in total. The van der Waals surface area contributed by atoms with Crippen molar-refractivity contribution < 1.29 is 43.9 Å². The lowest BCUT2D eigenvalue weighted by molar-refractivity contribution is -0.141. The van der Waals surface area contributed by atoms with Gasteiger partial charge in [-0.15, -0.1) is 0 Å². The molecule has 0 aliphatic carbocycles. The van der Waals surface area contributed by atoms with Gasteiger partial charge in [0, 0.05) is 0 Å². The SMILES string of the molecule is Fc1c(I)ccc(C(F)(F)F)c1F.Fc1cccc(C(F)(F)F)c1F. The molecule has 0 aliphatic rings. The molecule has 0 spiro atoms. The van der Waals surface area contributed by atoms with E-state index in [-0.39, 0.29) is 3.57 Å². The van der Waals surface area contributed by atoms with E-state index < -0.39 is 46.7 Å². The Hall–Kier alpha value is -1.53. The molecule has 0 atom stereocenters. The summed E-state index contributed by atoms with van der Waals surface area (Å²) < 4.78 is 121. The third-order valence-corrected chi connectivity index (χ3v) is 3.43. The van der Waals surface area contributed by atoms with Gasteiger partial charge in [-0.3, -0.25) is 0 Å². The molecule has 0 aromatic heterocycles. The van der Waals surface area contributed by atoms with Crippen molar-refractivity contribution in [3.05, 3.63) is 68.3 Å². The number of rotatable bonds is 0.